The summed E-state index contributed by atoms with van der Waals surface area (Å²) in [6.45, 7) is 4.21. The Hall–Kier alpha value is -3.07. The lowest BCUT2D eigenvalue weighted by Crippen LogP contribution is -2.38. The van der Waals surface area contributed by atoms with E-state index in [1.54, 1.807) is 41.3 Å². The number of carbonyl (C=O) groups excluding carboxylic acids is 2. The van der Waals surface area contributed by atoms with Crippen LogP contribution in [0.3, 0.4) is 0 Å². The van der Waals surface area contributed by atoms with E-state index in [9.17, 15) is 18.0 Å². The van der Waals surface area contributed by atoms with E-state index in [2.05, 4.69) is 11.6 Å². The quantitative estimate of drug-likeness (QED) is 0.648. The van der Waals surface area contributed by atoms with Gasteiger partial charge < -0.3 is 14.5 Å². The number of fused-ring (bicyclic) bond motifs is 1. The van der Waals surface area contributed by atoms with Crippen molar-refractivity contribution in [3.63, 3.8) is 0 Å². The highest BCUT2D eigenvalue weighted by molar-refractivity contribution is 7.92. The summed E-state index contributed by atoms with van der Waals surface area (Å²) < 4.78 is 33.5. The van der Waals surface area contributed by atoms with E-state index in [4.69, 9.17) is 4.74 Å². The highest BCUT2D eigenvalue weighted by atomic mass is 32.2. The zero-order valence-electron chi connectivity index (χ0n) is 19.6. The van der Waals surface area contributed by atoms with Gasteiger partial charge in [0.25, 0.3) is 10.0 Å². The van der Waals surface area contributed by atoms with Crippen LogP contribution in [0.4, 0.5) is 11.4 Å². The molecule has 2 amide bonds. The molecule has 0 aliphatic carbocycles. The van der Waals surface area contributed by atoms with Crippen LogP contribution in [0, 0.1) is 5.92 Å². The molecule has 0 saturated carbocycles. The zero-order chi connectivity index (χ0) is 24.3. The second-order valence-corrected chi connectivity index (χ2v) is 10.7. The topological polar surface area (TPSA) is 96.0 Å². The van der Waals surface area contributed by atoms with Gasteiger partial charge in [-0.15, -0.1) is 0 Å². The van der Waals surface area contributed by atoms with Gasteiger partial charge >= 0.3 is 0 Å². The summed E-state index contributed by atoms with van der Waals surface area (Å²) in [4.78, 5) is 29.0. The van der Waals surface area contributed by atoms with Crippen LogP contribution in [0.25, 0.3) is 0 Å². The van der Waals surface area contributed by atoms with Gasteiger partial charge in [0.05, 0.1) is 17.7 Å². The lowest BCUT2D eigenvalue weighted by atomic mass is 9.99. The maximum Gasteiger partial charge on any atom is 0.261 e. The lowest BCUT2D eigenvalue weighted by Gasteiger charge is -2.30. The summed E-state index contributed by atoms with van der Waals surface area (Å²) >= 11 is 0. The van der Waals surface area contributed by atoms with Gasteiger partial charge in [-0.25, -0.2) is 8.42 Å². The molecule has 1 fully saturated rings. The Morgan fingerprint density at radius 2 is 1.76 bits per heavy atom. The average molecular weight is 486 g/mol. The number of ether oxygens (including phenoxy) is 1. The van der Waals surface area contributed by atoms with Crippen molar-refractivity contribution in [1.82, 2.24) is 4.90 Å². The average Bonchev–Trinajstić information content (AvgIpc) is 3.26. The van der Waals surface area contributed by atoms with Gasteiger partial charge in [0, 0.05) is 44.2 Å². The summed E-state index contributed by atoms with van der Waals surface area (Å²) in [6, 6.07) is 11.5. The number of nitrogens with zero attached hydrogens (tertiary/aromatic N) is 2. The number of piperidine rings is 1. The fraction of sp³-hybridized carbons (Fsp3) is 0.440. The molecule has 0 radical (unpaired) electrons. The van der Waals surface area contributed by atoms with Crippen molar-refractivity contribution < 1.29 is 22.7 Å². The third-order valence-corrected chi connectivity index (χ3v) is 7.95. The van der Waals surface area contributed by atoms with E-state index in [0.717, 1.165) is 31.5 Å². The Morgan fingerprint density at radius 3 is 2.50 bits per heavy atom. The van der Waals surface area contributed by atoms with Crippen LogP contribution in [-0.2, 0) is 26.0 Å². The Bertz CT molecular complexity index is 1170. The number of amides is 2. The molecular weight excluding hydrogens is 454 g/mol. The number of rotatable bonds is 7. The minimum atomic E-state index is -3.79. The smallest absolute Gasteiger partial charge is 0.261 e. The van der Waals surface area contributed by atoms with Crippen molar-refractivity contribution in [3.8, 4) is 5.75 Å². The van der Waals surface area contributed by atoms with Crippen molar-refractivity contribution in [2.45, 2.75) is 43.9 Å². The van der Waals surface area contributed by atoms with Crippen LogP contribution in [0.5, 0.6) is 5.75 Å². The molecule has 0 unspecified atom stereocenters. The molecule has 182 valence electrons. The third-order valence-electron chi connectivity index (χ3n) is 6.57. The second-order valence-electron chi connectivity index (χ2n) is 8.99. The summed E-state index contributed by atoms with van der Waals surface area (Å²) in [7, 11) is -2.28. The molecule has 0 spiro atoms. The predicted molar refractivity (Wildman–Crippen MR) is 131 cm³/mol. The standard InChI is InChI=1S/C25H31N3O5S/c1-18-10-13-27(14-11-18)24(29)8-9-25(30)28-15-12-19-16-22(6-7-23(19)28)34(31,32)26-20-4-3-5-21(17-20)33-2/h3-7,16-18,26H,8-15H2,1-2H3. The summed E-state index contributed by atoms with van der Waals surface area (Å²) in [5.74, 6) is 1.12. The second kappa shape index (κ2) is 10.0. The molecular formula is C25H31N3O5S. The van der Waals surface area contributed by atoms with E-state index in [-0.39, 0.29) is 29.6 Å². The monoisotopic (exact) mass is 485 g/mol. The normalized spacial score (nSPS) is 16.3. The molecule has 2 aromatic rings. The molecule has 0 aromatic heterocycles. The van der Waals surface area contributed by atoms with Crippen molar-refractivity contribution >= 4 is 33.2 Å². The number of nitrogens with one attached hydrogen (secondary N) is 1. The first-order chi connectivity index (χ1) is 16.3. The molecule has 4 rings (SSSR count). The van der Waals surface area contributed by atoms with Gasteiger partial charge in [0.15, 0.2) is 0 Å². The van der Waals surface area contributed by atoms with Gasteiger partial charge in [-0.05, 0) is 61.1 Å². The van der Waals surface area contributed by atoms with Gasteiger partial charge in [-0.1, -0.05) is 13.0 Å². The number of methoxy groups -OCH3 is 1. The van der Waals surface area contributed by atoms with Gasteiger partial charge in [0.2, 0.25) is 11.8 Å². The number of hydrogen-bond donors (Lipinski definition) is 1. The lowest BCUT2D eigenvalue weighted by molar-refractivity contribution is -0.134. The van der Waals surface area contributed by atoms with Crippen LogP contribution in [0.2, 0.25) is 0 Å². The first-order valence-electron chi connectivity index (χ1n) is 11.6. The summed E-state index contributed by atoms with van der Waals surface area (Å²) in [5.41, 5.74) is 1.92. The highest BCUT2D eigenvalue weighted by Gasteiger charge is 2.28. The maximum absolute atomic E-state index is 12.9. The molecule has 0 bridgehead atoms. The van der Waals surface area contributed by atoms with E-state index >= 15 is 0 Å². The molecule has 2 aromatic carbocycles. The minimum absolute atomic E-state index is 0.0322. The van der Waals surface area contributed by atoms with E-state index in [1.165, 1.54) is 13.2 Å². The minimum Gasteiger partial charge on any atom is -0.497 e. The SMILES string of the molecule is COc1cccc(NS(=O)(=O)c2ccc3c(c2)CCN3C(=O)CCC(=O)N2CCC(C)CC2)c1. The maximum atomic E-state index is 12.9. The van der Waals surface area contributed by atoms with Crippen LogP contribution in [0.15, 0.2) is 47.4 Å². The Morgan fingerprint density at radius 1 is 1.03 bits per heavy atom. The molecule has 2 heterocycles. The number of hydrogen-bond acceptors (Lipinski definition) is 5. The number of likely N-dealkylation sites (tertiary alicyclic amines) is 1. The Balaban J connectivity index is 1.39. The third kappa shape index (κ3) is 5.35. The van der Waals surface area contributed by atoms with Crippen molar-refractivity contribution in [2.24, 2.45) is 5.92 Å². The van der Waals surface area contributed by atoms with E-state index < -0.39 is 10.0 Å². The fourth-order valence-corrected chi connectivity index (χ4v) is 5.57. The van der Waals surface area contributed by atoms with Crippen LogP contribution in [0.1, 0.15) is 38.2 Å². The predicted octanol–water partition coefficient (Wildman–Crippen LogP) is 3.42. The largest absolute Gasteiger partial charge is 0.497 e. The first-order valence-corrected chi connectivity index (χ1v) is 13.1. The molecule has 0 atom stereocenters. The Labute approximate surface area is 200 Å². The van der Waals surface area contributed by atoms with Crippen LogP contribution >= 0.6 is 0 Å². The number of carbonyl (C=O) groups is 2. The van der Waals surface area contributed by atoms with Crippen LogP contribution in [-0.4, -0.2) is 51.9 Å². The van der Waals surface area contributed by atoms with Gasteiger partial charge in [-0.2, -0.15) is 0 Å². The first kappa shape index (κ1) is 24.1. The van der Waals surface area contributed by atoms with Gasteiger partial charge in [-0.3, -0.25) is 14.3 Å². The van der Waals surface area contributed by atoms with E-state index in [1.807, 2.05) is 4.90 Å². The molecule has 1 N–H and O–H groups in total. The molecule has 8 nitrogen and oxygen atoms in total. The summed E-state index contributed by atoms with van der Waals surface area (Å²) in [5, 5.41) is 0. The van der Waals surface area contributed by atoms with Crippen molar-refractivity contribution in [3.05, 3.63) is 48.0 Å². The highest BCUT2D eigenvalue weighted by Crippen LogP contribution is 2.32. The van der Waals surface area contributed by atoms with Crippen LogP contribution < -0.4 is 14.4 Å². The fourth-order valence-electron chi connectivity index (χ4n) is 4.47. The molecule has 1 saturated heterocycles. The van der Waals surface area contributed by atoms with Crippen molar-refractivity contribution in [2.75, 3.05) is 36.4 Å². The number of benzene rings is 2. The van der Waals surface area contributed by atoms with Crippen molar-refractivity contribution in [1.29, 1.82) is 0 Å². The molecule has 2 aliphatic heterocycles. The number of anilines is 2. The molecule has 9 heteroatoms. The molecule has 2 aliphatic rings. The van der Waals surface area contributed by atoms with Gasteiger partial charge in [0.1, 0.15) is 5.75 Å². The summed E-state index contributed by atoms with van der Waals surface area (Å²) in [6.07, 6.45) is 2.95. The Kier molecular flexibility index (Phi) is 7.11. The molecule has 34 heavy (non-hydrogen) atoms. The number of sulfonamides is 1. The zero-order valence-corrected chi connectivity index (χ0v) is 20.4. The van der Waals surface area contributed by atoms with E-state index in [0.29, 0.717) is 36.0 Å².